The first-order valence-corrected chi connectivity index (χ1v) is 10.4. The van der Waals surface area contributed by atoms with Gasteiger partial charge in [-0.15, -0.1) is 0 Å². The maximum atomic E-state index is 12.4. The number of hydrogen-bond acceptors (Lipinski definition) is 6. The lowest BCUT2D eigenvalue weighted by atomic mass is 10.3. The Kier molecular flexibility index (Phi) is 7.16. The summed E-state index contributed by atoms with van der Waals surface area (Å²) in [7, 11) is 0. The zero-order chi connectivity index (χ0) is 19.8. The number of imidazole rings is 1. The summed E-state index contributed by atoms with van der Waals surface area (Å²) in [5.41, 5.74) is 1.03. The first-order valence-electron chi connectivity index (χ1n) is 8.62. The molecule has 0 atom stereocenters. The molecule has 0 unspecified atom stereocenters. The number of benzene rings is 2. The normalized spacial score (nSPS) is 10.5. The predicted octanol–water partition coefficient (Wildman–Crippen LogP) is 4.47. The highest BCUT2D eigenvalue weighted by Crippen LogP contribution is 2.33. The molecule has 3 rings (SSSR count). The number of carbonyl (C=O) groups is 2. The smallest absolute Gasteiger partial charge is 0.356 e. The Labute approximate surface area is 171 Å². The van der Waals surface area contributed by atoms with E-state index in [4.69, 9.17) is 4.74 Å². The summed E-state index contributed by atoms with van der Waals surface area (Å²) in [5.74, 6) is -0.446. The minimum absolute atomic E-state index is 0.153. The molecule has 1 amide bonds. The number of carbonyl (C=O) groups excluding carboxylic acids is 2. The summed E-state index contributed by atoms with van der Waals surface area (Å²) in [5, 5.41) is 3.43. The first-order chi connectivity index (χ1) is 13.7. The second-order valence-corrected chi connectivity index (χ2v) is 7.65. The number of para-hydroxylation sites is 1. The molecule has 0 aliphatic heterocycles. The minimum atomic E-state index is -0.460. The Bertz CT molecular complexity index is 945. The van der Waals surface area contributed by atoms with E-state index >= 15 is 0 Å². The first kappa shape index (κ1) is 20.0. The van der Waals surface area contributed by atoms with Gasteiger partial charge in [-0.05, 0) is 31.2 Å². The third-order valence-electron chi connectivity index (χ3n) is 3.52. The third kappa shape index (κ3) is 5.64. The maximum Gasteiger partial charge on any atom is 0.356 e. The molecule has 1 heterocycles. The number of thioether (sulfide) groups is 1. The van der Waals surface area contributed by atoms with Crippen molar-refractivity contribution in [3.63, 3.8) is 0 Å². The number of aromatic nitrogens is 2. The molecule has 0 saturated heterocycles. The molecule has 0 aliphatic carbocycles. The van der Waals surface area contributed by atoms with Gasteiger partial charge in [0.2, 0.25) is 5.91 Å². The number of esters is 1. The molecule has 28 heavy (non-hydrogen) atoms. The van der Waals surface area contributed by atoms with Crippen LogP contribution in [-0.4, -0.2) is 34.2 Å². The van der Waals surface area contributed by atoms with Gasteiger partial charge in [-0.2, -0.15) is 0 Å². The second-order valence-electron chi connectivity index (χ2n) is 5.57. The van der Waals surface area contributed by atoms with E-state index in [-0.39, 0.29) is 17.4 Å². The lowest BCUT2D eigenvalue weighted by Crippen LogP contribution is -2.14. The van der Waals surface area contributed by atoms with Gasteiger partial charge < -0.3 is 15.0 Å². The van der Waals surface area contributed by atoms with Gasteiger partial charge in [-0.3, -0.25) is 4.79 Å². The third-order valence-corrected chi connectivity index (χ3v) is 5.49. The van der Waals surface area contributed by atoms with Crippen LogP contribution in [0.1, 0.15) is 17.4 Å². The average Bonchev–Trinajstić information content (AvgIpc) is 3.18. The van der Waals surface area contributed by atoms with E-state index in [2.05, 4.69) is 15.3 Å². The van der Waals surface area contributed by atoms with Crippen molar-refractivity contribution in [1.82, 2.24) is 9.97 Å². The lowest BCUT2D eigenvalue weighted by molar-refractivity contribution is -0.113. The van der Waals surface area contributed by atoms with Gasteiger partial charge in [-0.1, -0.05) is 53.9 Å². The second kappa shape index (κ2) is 10.0. The molecule has 6 nitrogen and oxygen atoms in total. The van der Waals surface area contributed by atoms with Crippen molar-refractivity contribution in [2.75, 3.05) is 17.7 Å². The Morgan fingerprint density at radius 1 is 1.11 bits per heavy atom. The van der Waals surface area contributed by atoms with Crippen molar-refractivity contribution < 1.29 is 14.3 Å². The maximum absolute atomic E-state index is 12.4. The van der Waals surface area contributed by atoms with Crippen molar-refractivity contribution in [2.24, 2.45) is 0 Å². The van der Waals surface area contributed by atoms with Crippen LogP contribution in [0.15, 0.2) is 75.7 Å². The monoisotopic (exact) mass is 413 g/mol. The summed E-state index contributed by atoms with van der Waals surface area (Å²) in [6, 6.07) is 17.6. The molecular formula is C20H19N3O3S2. The van der Waals surface area contributed by atoms with E-state index in [1.165, 1.54) is 18.0 Å². The molecule has 2 N–H and O–H groups in total. The zero-order valence-corrected chi connectivity index (χ0v) is 16.8. The molecule has 0 spiro atoms. The number of ether oxygens (including phenoxy) is 1. The molecule has 2 aromatic carbocycles. The van der Waals surface area contributed by atoms with Gasteiger partial charge in [0.1, 0.15) is 5.69 Å². The van der Waals surface area contributed by atoms with Gasteiger partial charge in [0.05, 0.1) is 24.2 Å². The largest absolute Gasteiger partial charge is 0.461 e. The van der Waals surface area contributed by atoms with Crippen molar-refractivity contribution in [3.05, 3.63) is 66.5 Å². The van der Waals surface area contributed by atoms with E-state index in [1.54, 1.807) is 18.7 Å². The predicted molar refractivity (Wildman–Crippen MR) is 111 cm³/mol. The van der Waals surface area contributed by atoms with Gasteiger partial charge in [0.25, 0.3) is 0 Å². The topological polar surface area (TPSA) is 84.1 Å². The minimum Gasteiger partial charge on any atom is -0.461 e. The Morgan fingerprint density at radius 3 is 2.64 bits per heavy atom. The number of rotatable bonds is 8. The molecular weight excluding hydrogens is 394 g/mol. The van der Waals surface area contributed by atoms with Crippen molar-refractivity contribution in [2.45, 2.75) is 21.9 Å². The summed E-state index contributed by atoms with van der Waals surface area (Å²) >= 11 is 2.81. The number of anilines is 1. The van der Waals surface area contributed by atoms with E-state index in [1.807, 2.05) is 54.6 Å². The number of aromatic amines is 1. The Hall–Kier alpha value is -2.71. The van der Waals surface area contributed by atoms with E-state index in [9.17, 15) is 9.59 Å². The van der Waals surface area contributed by atoms with Crippen LogP contribution in [0.4, 0.5) is 5.69 Å². The SMILES string of the molecule is CCOC(=O)c1cnc(SCC(=O)Nc2ccccc2Sc2ccccc2)[nH]1. The number of nitrogens with zero attached hydrogens (tertiary/aromatic N) is 1. The zero-order valence-electron chi connectivity index (χ0n) is 15.2. The van der Waals surface area contributed by atoms with Gasteiger partial charge in [-0.25, -0.2) is 9.78 Å². The van der Waals surface area contributed by atoms with Crippen molar-refractivity contribution >= 4 is 41.1 Å². The molecule has 144 valence electrons. The average molecular weight is 414 g/mol. The summed E-state index contributed by atoms with van der Waals surface area (Å²) in [4.78, 5) is 33.0. The fourth-order valence-corrected chi connectivity index (χ4v) is 3.86. The van der Waals surface area contributed by atoms with E-state index in [0.717, 1.165) is 15.5 Å². The highest BCUT2D eigenvalue weighted by atomic mass is 32.2. The highest BCUT2D eigenvalue weighted by molar-refractivity contribution is 8.00. The molecule has 0 fully saturated rings. The fourth-order valence-electron chi connectivity index (χ4n) is 2.28. The number of H-pyrrole nitrogens is 1. The quantitative estimate of drug-likeness (QED) is 0.419. The summed E-state index contributed by atoms with van der Waals surface area (Å²) in [6.07, 6.45) is 1.41. The number of amides is 1. The molecule has 1 aromatic heterocycles. The highest BCUT2D eigenvalue weighted by Gasteiger charge is 2.13. The fraction of sp³-hybridized carbons (Fsp3) is 0.150. The van der Waals surface area contributed by atoms with Crippen LogP contribution in [0.5, 0.6) is 0 Å². The van der Waals surface area contributed by atoms with Crippen molar-refractivity contribution in [1.29, 1.82) is 0 Å². The number of nitrogens with one attached hydrogen (secondary N) is 2. The van der Waals surface area contributed by atoms with Crippen LogP contribution in [0, 0.1) is 0 Å². The molecule has 0 saturated carbocycles. The van der Waals surface area contributed by atoms with Crippen LogP contribution >= 0.6 is 23.5 Å². The van der Waals surface area contributed by atoms with Crippen LogP contribution in [0.2, 0.25) is 0 Å². The molecule has 8 heteroatoms. The molecule has 0 aliphatic rings. The Morgan fingerprint density at radius 2 is 1.86 bits per heavy atom. The Balaban J connectivity index is 1.57. The molecule has 3 aromatic rings. The molecule has 0 bridgehead atoms. The van der Waals surface area contributed by atoms with E-state index in [0.29, 0.717) is 11.8 Å². The standard InChI is InChI=1S/C20H19N3O3S2/c1-2-26-19(25)16-12-21-20(23-16)27-13-18(24)22-15-10-6-7-11-17(15)28-14-8-4-3-5-9-14/h3-12H,2,13H2,1H3,(H,21,23)(H,22,24). The lowest BCUT2D eigenvalue weighted by Gasteiger charge is -2.10. The van der Waals surface area contributed by atoms with Crippen LogP contribution in [0.3, 0.4) is 0 Å². The van der Waals surface area contributed by atoms with E-state index < -0.39 is 5.97 Å². The van der Waals surface area contributed by atoms with Crippen molar-refractivity contribution in [3.8, 4) is 0 Å². The summed E-state index contributed by atoms with van der Waals surface area (Å²) in [6.45, 7) is 2.03. The number of hydrogen-bond donors (Lipinski definition) is 2. The summed E-state index contributed by atoms with van der Waals surface area (Å²) < 4.78 is 4.91. The molecule has 0 radical (unpaired) electrons. The van der Waals surface area contributed by atoms with Gasteiger partial charge >= 0.3 is 5.97 Å². The van der Waals surface area contributed by atoms with Crippen LogP contribution in [0.25, 0.3) is 0 Å². The van der Waals surface area contributed by atoms with Crippen LogP contribution < -0.4 is 5.32 Å². The van der Waals surface area contributed by atoms with Crippen LogP contribution in [-0.2, 0) is 9.53 Å². The van der Waals surface area contributed by atoms with Gasteiger partial charge in [0.15, 0.2) is 5.16 Å². The van der Waals surface area contributed by atoms with Gasteiger partial charge in [0, 0.05) is 9.79 Å².